The van der Waals surface area contributed by atoms with Crippen LogP contribution in [0.2, 0.25) is 5.02 Å². The Bertz CT molecular complexity index is 1220. The zero-order valence-electron chi connectivity index (χ0n) is 18.9. The minimum atomic E-state index is -0.302. The molecule has 0 N–H and O–H groups in total. The summed E-state index contributed by atoms with van der Waals surface area (Å²) in [6.45, 7) is 7.37. The number of fused-ring (bicyclic) bond motifs is 1. The molecule has 7 heteroatoms. The van der Waals surface area contributed by atoms with Crippen molar-refractivity contribution in [2.45, 2.75) is 20.3 Å². The number of benzene rings is 2. The summed E-state index contributed by atoms with van der Waals surface area (Å²) in [5.74, 6) is 0.716. The van der Waals surface area contributed by atoms with Gasteiger partial charge >= 0.3 is 0 Å². The maximum absolute atomic E-state index is 13.2. The Balaban J connectivity index is 1.25. The normalized spacial score (nSPS) is 18.9. The van der Waals surface area contributed by atoms with Crippen molar-refractivity contribution in [1.29, 1.82) is 0 Å². The van der Waals surface area contributed by atoms with Crippen molar-refractivity contribution in [2.75, 3.05) is 42.5 Å². The van der Waals surface area contributed by atoms with Gasteiger partial charge in [0.25, 0.3) is 0 Å². The van der Waals surface area contributed by atoms with E-state index in [1.54, 1.807) is 17.0 Å². The highest BCUT2D eigenvalue weighted by Gasteiger charge is 2.38. The lowest BCUT2D eigenvalue weighted by Crippen LogP contribution is -2.51. The number of aryl methyl sites for hydroxylation is 2. The predicted molar refractivity (Wildman–Crippen MR) is 132 cm³/mol. The maximum atomic E-state index is 13.2. The van der Waals surface area contributed by atoms with E-state index in [1.807, 2.05) is 17.0 Å². The molecule has 2 amide bonds. The zero-order valence-corrected chi connectivity index (χ0v) is 19.7. The summed E-state index contributed by atoms with van der Waals surface area (Å²) in [5, 5.41) is 1.81. The van der Waals surface area contributed by atoms with Crippen molar-refractivity contribution in [2.24, 2.45) is 5.92 Å². The second-order valence-corrected chi connectivity index (χ2v) is 9.40. The third-order valence-corrected chi connectivity index (χ3v) is 7.01. The highest BCUT2D eigenvalue weighted by Crippen LogP contribution is 2.29. The third kappa shape index (κ3) is 4.15. The molecule has 1 aromatic heterocycles. The molecule has 6 nitrogen and oxygen atoms in total. The van der Waals surface area contributed by atoms with Gasteiger partial charge in [-0.05, 0) is 55.3 Å². The first kappa shape index (κ1) is 21.7. The molecule has 0 radical (unpaired) electrons. The Labute approximate surface area is 198 Å². The Hall–Kier alpha value is -3.12. The van der Waals surface area contributed by atoms with Crippen molar-refractivity contribution in [3.05, 3.63) is 64.7 Å². The average molecular weight is 463 g/mol. The Morgan fingerprint density at radius 1 is 1.00 bits per heavy atom. The van der Waals surface area contributed by atoms with Crippen LogP contribution in [-0.2, 0) is 9.59 Å². The summed E-state index contributed by atoms with van der Waals surface area (Å²) in [6, 6.07) is 15.6. The topological polar surface area (TPSA) is 56.8 Å². The molecular formula is C26H27ClN4O2. The number of hydrogen-bond donors (Lipinski definition) is 0. The van der Waals surface area contributed by atoms with Gasteiger partial charge in [0.2, 0.25) is 11.8 Å². The van der Waals surface area contributed by atoms with Crippen molar-refractivity contribution >= 4 is 45.8 Å². The SMILES string of the molecule is Cc1cc(N2CCN(C(=O)C3CC(=O)N(c4ccc(Cl)cc4)C3)CC2)nc2c(C)cccc12. The highest BCUT2D eigenvalue weighted by atomic mass is 35.5. The second kappa shape index (κ2) is 8.67. The van der Waals surface area contributed by atoms with Gasteiger partial charge in [-0.15, -0.1) is 0 Å². The van der Waals surface area contributed by atoms with E-state index in [0.29, 0.717) is 24.7 Å². The number of hydrogen-bond acceptors (Lipinski definition) is 4. The van der Waals surface area contributed by atoms with Gasteiger partial charge in [-0.3, -0.25) is 9.59 Å². The lowest BCUT2D eigenvalue weighted by molar-refractivity contribution is -0.136. The van der Waals surface area contributed by atoms with Crippen LogP contribution >= 0.6 is 11.6 Å². The molecule has 2 aliphatic rings. The molecule has 0 aliphatic carbocycles. The first-order valence-electron chi connectivity index (χ1n) is 11.4. The molecule has 1 unspecified atom stereocenters. The van der Waals surface area contributed by atoms with Crippen LogP contribution in [0.4, 0.5) is 11.5 Å². The molecule has 170 valence electrons. The second-order valence-electron chi connectivity index (χ2n) is 8.96. The lowest BCUT2D eigenvalue weighted by atomic mass is 10.1. The first-order chi connectivity index (χ1) is 15.9. The van der Waals surface area contributed by atoms with Crippen LogP contribution < -0.4 is 9.80 Å². The number of carbonyl (C=O) groups is 2. The molecule has 5 rings (SSSR count). The van der Waals surface area contributed by atoms with Gasteiger partial charge in [-0.1, -0.05) is 29.8 Å². The Kier molecular flexibility index (Phi) is 5.71. The van der Waals surface area contributed by atoms with E-state index in [1.165, 1.54) is 16.5 Å². The minimum Gasteiger partial charge on any atom is -0.353 e. The van der Waals surface area contributed by atoms with E-state index in [9.17, 15) is 9.59 Å². The Morgan fingerprint density at radius 2 is 1.73 bits per heavy atom. The monoisotopic (exact) mass is 462 g/mol. The zero-order chi connectivity index (χ0) is 23.1. The van der Waals surface area contributed by atoms with Gasteiger partial charge in [-0.25, -0.2) is 4.98 Å². The van der Waals surface area contributed by atoms with Gasteiger partial charge < -0.3 is 14.7 Å². The van der Waals surface area contributed by atoms with E-state index in [0.717, 1.165) is 30.1 Å². The van der Waals surface area contributed by atoms with Gasteiger partial charge in [-0.2, -0.15) is 0 Å². The van der Waals surface area contributed by atoms with Crippen molar-refractivity contribution in [3.8, 4) is 0 Å². The van der Waals surface area contributed by atoms with E-state index in [4.69, 9.17) is 16.6 Å². The summed E-state index contributed by atoms with van der Waals surface area (Å²) in [4.78, 5) is 36.5. The number of carbonyl (C=O) groups excluding carboxylic acids is 2. The average Bonchev–Trinajstić information content (AvgIpc) is 3.21. The predicted octanol–water partition coefficient (Wildman–Crippen LogP) is 4.21. The number of halogens is 1. The van der Waals surface area contributed by atoms with E-state index in [-0.39, 0.29) is 24.2 Å². The number of amides is 2. The van der Waals surface area contributed by atoms with Crippen LogP contribution in [0.5, 0.6) is 0 Å². The molecule has 2 saturated heterocycles. The van der Waals surface area contributed by atoms with Crippen LogP contribution in [0.25, 0.3) is 10.9 Å². The number of anilines is 2. The number of rotatable bonds is 3. The third-order valence-electron chi connectivity index (χ3n) is 6.76. The van der Waals surface area contributed by atoms with Crippen LogP contribution in [0.15, 0.2) is 48.5 Å². The molecule has 33 heavy (non-hydrogen) atoms. The fourth-order valence-electron chi connectivity index (χ4n) is 4.86. The molecule has 1 atom stereocenters. The van der Waals surface area contributed by atoms with Crippen LogP contribution in [0.1, 0.15) is 17.5 Å². The molecule has 2 aromatic carbocycles. The summed E-state index contributed by atoms with van der Waals surface area (Å²) >= 11 is 5.96. The molecule has 3 heterocycles. The van der Waals surface area contributed by atoms with E-state index >= 15 is 0 Å². The van der Waals surface area contributed by atoms with Crippen molar-refractivity contribution < 1.29 is 9.59 Å². The van der Waals surface area contributed by atoms with Gasteiger partial charge in [0.1, 0.15) is 5.82 Å². The fraction of sp³-hybridized carbons (Fsp3) is 0.346. The Morgan fingerprint density at radius 3 is 2.45 bits per heavy atom. The number of nitrogens with zero attached hydrogens (tertiary/aromatic N) is 4. The molecule has 0 bridgehead atoms. The van der Waals surface area contributed by atoms with E-state index < -0.39 is 0 Å². The summed E-state index contributed by atoms with van der Waals surface area (Å²) in [5.41, 5.74) is 4.21. The highest BCUT2D eigenvalue weighted by molar-refractivity contribution is 6.30. The van der Waals surface area contributed by atoms with Crippen LogP contribution in [0, 0.1) is 19.8 Å². The van der Waals surface area contributed by atoms with Gasteiger partial charge in [0.05, 0.1) is 11.4 Å². The van der Waals surface area contributed by atoms with Crippen LogP contribution in [0.3, 0.4) is 0 Å². The minimum absolute atomic E-state index is 0.0134. The molecule has 2 aliphatic heterocycles. The van der Waals surface area contributed by atoms with E-state index in [2.05, 4.69) is 43.0 Å². The first-order valence-corrected chi connectivity index (χ1v) is 11.7. The number of pyridine rings is 1. The molecule has 3 aromatic rings. The molecular weight excluding hydrogens is 436 g/mol. The summed E-state index contributed by atoms with van der Waals surface area (Å²) < 4.78 is 0. The lowest BCUT2D eigenvalue weighted by Gasteiger charge is -2.36. The summed E-state index contributed by atoms with van der Waals surface area (Å²) in [6.07, 6.45) is 0.256. The van der Waals surface area contributed by atoms with Crippen LogP contribution in [-0.4, -0.2) is 54.4 Å². The smallest absolute Gasteiger partial charge is 0.228 e. The van der Waals surface area contributed by atoms with Gasteiger partial charge in [0, 0.05) is 55.2 Å². The molecule has 0 spiro atoms. The number of aromatic nitrogens is 1. The van der Waals surface area contributed by atoms with Crippen molar-refractivity contribution in [1.82, 2.24) is 9.88 Å². The maximum Gasteiger partial charge on any atom is 0.228 e. The number of piperazine rings is 1. The number of para-hydroxylation sites is 1. The fourth-order valence-corrected chi connectivity index (χ4v) is 4.99. The van der Waals surface area contributed by atoms with Gasteiger partial charge in [0.15, 0.2) is 0 Å². The molecule has 0 saturated carbocycles. The molecule has 2 fully saturated rings. The standard InChI is InChI=1S/C26H27ClN4O2/c1-17-4-3-5-22-18(2)14-23(28-25(17)22)29-10-12-30(13-11-29)26(33)19-15-24(32)31(16-19)21-8-6-20(27)7-9-21/h3-9,14,19H,10-13,15-16H2,1-2H3. The quantitative estimate of drug-likeness (QED) is 0.585. The summed E-state index contributed by atoms with van der Waals surface area (Å²) in [7, 11) is 0. The largest absolute Gasteiger partial charge is 0.353 e. The van der Waals surface area contributed by atoms with Crippen molar-refractivity contribution in [3.63, 3.8) is 0 Å².